The van der Waals surface area contributed by atoms with E-state index in [9.17, 15) is 14.4 Å². The molecule has 7 heteroatoms. The highest BCUT2D eigenvalue weighted by atomic mass is 16.2. The van der Waals surface area contributed by atoms with Crippen molar-refractivity contribution in [2.24, 2.45) is 17.1 Å². The van der Waals surface area contributed by atoms with Gasteiger partial charge in [-0.2, -0.15) is 0 Å². The third-order valence-corrected chi connectivity index (χ3v) is 3.71. The minimum atomic E-state index is -0.593. The predicted molar refractivity (Wildman–Crippen MR) is 95.5 cm³/mol. The summed E-state index contributed by atoms with van der Waals surface area (Å²) < 4.78 is 0. The second-order valence-corrected chi connectivity index (χ2v) is 7.39. The zero-order valence-corrected chi connectivity index (χ0v) is 15.9. The maximum atomic E-state index is 12.6. The van der Waals surface area contributed by atoms with Crippen LogP contribution in [0.1, 0.15) is 54.4 Å². The molecule has 24 heavy (non-hydrogen) atoms. The molecule has 2 unspecified atom stereocenters. The molecule has 0 heterocycles. The molecule has 0 aromatic carbocycles. The molecule has 0 bridgehead atoms. The van der Waals surface area contributed by atoms with Crippen LogP contribution in [-0.2, 0) is 9.59 Å². The van der Waals surface area contributed by atoms with Crippen molar-refractivity contribution in [2.45, 2.75) is 66.5 Å². The minimum Gasteiger partial charge on any atom is -0.352 e. The van der Waals surface area contributed by atoms with Crippen LogP contribution >= 0.6 is 0 Å². The normalized spacial score (nSPS) is 14.1. The van der Waals surface area contributed by atoms with E-state index in [2.05, 4.69) is 16.0 Å². The van der Waals surface area contributed by atoms with E-state index in [-0.39, 0.29) is 23.7 Å². The second-order valence-electron chi connectivity index (χ2n) is 7.39. The Bertz CT molecular complexity index is 430. The van der Waals surface area contributed by atoms with Crippen molar-refractivity contribution >= 4 is 17.7 Å². The fourth-order valence-corrected chi connectivity index (χ4v) is 2.42. The number of primary amides is 1. The number of hydrogen-bond donors (Lipinski definition) is 4. The summed E-state index contributed by atoms with van der Waals surface area (Å²) in [5.41, 5.74) is 4.48. The predicted octanol–water partition coefficient (Wildman–Crippen LogP) is 1.17. The van der Waals surface area contributed by atoms with E-state index in [4.69, 9.17) is 5.73 Å². The molecule has 0 aromatic heterocycles. The minimum absolute atomic E-state index is 0.0195. The topological polar surface area (TPSA) is 113 Å². The fraction of sp³-hybridized carbons (Fsp3) is 0.824. The van der Waals surface area contributed by atoms with Crippen molar-refractivity contribution in [3.05, 3.63) is 0 Å². The van der Waals surface area contributed by atoms with E-state index in [0.29, 0.717) is 25.9 Å². The van der Waals surface area contributed by atoms with E-state index < -0.39 is 17.5 Å². The molecule has 0 rings (SSSR count). The molecular weight excluding hydrogens is 308 g/mol. The van der Waals surface area contributed by atoms with Crippen molar-refractivity contribution in [1.82, 2.24) is 16.0 Å². The molecule has 0 fully saturated rings. The van der Waals surface area contributed by atoms with Gasteiger partial charge in [-0.3, -0.25) is 9.59 Å². The highest BCUT2D eigenvalue weighted by Crippen LogP contribution is 2.19. The lowest BCUT2D eigenvalue weighted by Gasteiger charge is -2.28. The Morgan fingerprint density at radius 2 is 1.71 bits per heavy atom. The van der Waals surface area contributed by atoms with Gasteiger partial charge in [-0.1, -0.05) is 41.5 Å². The number of rotatable bonds is 10. The summed E-state index contributed by atoms with van der Waals surface area (Å²) in [6.07, 6.45) is 1.02. The summed E-state index contributed by atoms with van der Waals surface area (Å²) in [5, 5.41) is 8.53. The Morgan fingerprint density at radius 1 is 1.12 bits per heavy atom. The number of nitrogens with one attached hydrogen (secondary N) is 3. The Balaban J connectivity index is 4.94. The Morgan fingerprint density at radius 3 is 2.12 bits per heavy atom. The van der Waals surface area contributed by atoms with E-state index in [1.54, 1.807) is 0 Å². The van der Waals surface area contributed by atoms with Gasteiger partial charge >= 0.3 is 6.03 Å². The quantitative estimate of drug-likeness (QED) is 0.446. The first kappa shape index (κ1) is 22.4. The first-order chi connectivity index (χ1) is 11.0. The van der Waals surface area contributed by atoms with Gasteiger partial charge in [0, 0.05) is 12.0 Å². The molecule has 0 aliphatic carbocycles. The largest absolute Gasteiger partial charge is 0.352 e. The van der Waals surface area contributed by atoms with Gasteiger partial charge in [-0.25, -0.2) is 4.79 Å². The van der Waals surface area contributed by atoms with Gasteiger partial charge in [0.1, 0.15) is 0 Å². The maximum absolute atomic E-state index is 12.6. The van der Waals surface area contributed by atoms with E-state index in [1.807, 2.05) is 41.5 Å². The number of carbonyl (C=O) groups excluding carboxylic acids is 3. The molecule has 0 aliphatic heterocycles. The Hall–Kier alpha value is -1.63. The van der Waals surface area contributed by atoms with E-state index in [0.717, 1.165) is 0 Å². The molecule has 140 valence electrons. The Kier molecular flexibility index (Phi) is 9.58. The van der Waals surface area contributed by atoms with Crippen LogP contribution in [-0.4, -0.2) is 42.9 Å². The van der Waals surface area contributed by atoms with Crippen LogP contribution in [0.4, 0.5) is 4.79 Å². The van der Waals surface area contributed by atoms with Gasteiger partial charge in [0.05, 0.1) is 12.1 Å². The van der Waals surface area contributed by atoms with Crippen LogP contribution in [0.25, 0.3) is 0 Å². The summed E-state index contributed by atoms with van der Waals surface area (Å²) in [4.78, 5) is 35.9. The standard InChI is InChI=1S/C17H34N4O3/c1-7-19-13(11(2)3)15(23)21-12(14(22)17(4,5)6)9-8-10-20-16(18)24/h11-13,19H,7-10H2,1-6H3,(H,21,23)(H3,18,20,24). The van der Waals surface area contributed by atoms with Crippen LogP contribution in [0, 0.1) is 11.3 Å². The molecule has 0 saturated heterocycles. The number of ketones is 1. The molecule has 0 saturated carbocycles. The van der Waals surface area contributed by atoms with Gasteiger partial charge in [-0.05, 0) is 25.3 Å². The first-order valence-corrected chi connectivity index (χ1v) is 8.62. The average molecular weight is 342 g/mol. The molecule has 0 spiro atoms. The first-order valence-electron chi connectivity index (χ1n) is 8.62. The maximum Gasteiger partial charge on any atom is 0.312 e. The summed E-state index contributed by atoms with van der Waals surface area (Å²) in [5.74, 6) is -0.0712. The van der Waals surface area contributed by atoms with Gasteiger partial charge in [0.2, 0.25) is 5.91 Å². The molecule has 7 nitrogen and oxygen atoms in total. The van der Waals surface area contributed by atoms with Crippen LogP contribution < -0.4 is 21.7 Å². The second kappa shape index (κ2) is 10.3. The SMILES string of the molecule is CCNC(C(=O)NC(CCCNC(N)=O)C(=O)C(C)(C)C)C(C)C. The third-order valence-electron chi connectivity index (χ3n) is 3.71. The molecule has 5 N–H and O–H groups in total. The van der Waals surface area contributed by atoms with Crippen molar-refractivity contribution in [3.63, 3.8) is 0 Å². The van der Waals surface area contributed by atoms with Gasteiger partial charge in [0.15, 0.2) is 5.78 Å². The van der Waals surface area contributed by atoms with Gasteiger partial charge in [0.25, 0.3) is 0 Å². The van der Waals surface area contributed by atoms with Gasteiger partial charge in [-0.15, -0.1) is 0 Å². The summed E-state index contributed by atoms with van der Waals surface area (Å²) in [6, 6.07) is -1.51. The molecule has 0 radical (unpaired) electrons. The third kappa shape index (κ3) is 8.29. The highest BCUT2D eigenvalue weighted by molar-refractivity contribution is 5.93. The van der Waals surface area contributed by atoms with Gasteiger partial charge < -0.3 is 21.7 Å². The van der Waals surface area contributed by atoms with E-state index >= 15 is 0 Å². The number of amides is 3. The van der Waals surface area contributed by atoms with Crippen molar-refractivity contribution in [3.8, 4) is 0 Å². The number of nitrogens with two attached hydrogens (primary N) is 1. The summed E-state index contributed by atoms with van der Waals surface area (Å²) in [7, 11) is 0. The Labute approximate surface area is 145 Å². The van der Waals surface area contributed by atoms with Crippen molar-refractivity contribution in [1.29, 1.82) is 0 Å². The molecule has 0 aromatic rings. The smallest absolute Gasteiger partial charge is 0.312 e. The van der Waals surface area contributed by atoms with Crippen LogP contribution in [0.3, 0.4) is 0 Å². The highest BCUT2D eigenvalue weighted by Gasteiger charge is 2.32. The number of carbonyl (C=O) groups is 3. The fourth-order valence-electron chi connectivity index (χ4n) is 2.42. The lowest BCUT2D eigenvalue weighted by Crippen LogP contribution is -2.54. The van der Waals surface area contributed by atoms with E-state index in [1.165, 1.54) is 0 Å². The molecule has 2 atom stereocenters. The number of likely N-dealkylation sites (N-methyl/N-ethyl adjacent to an activating group) is 1. The lowest BCUT2D eigenvalue weighted by molar-refractivity contribution is -0.133. The summed E-state index contributed by atoms with van der Waals surface area (Å²) >= 11 is 0. The van der Waals surface area contributed by atoms with Crippen LogP contribution in [0.5, 0.6) is 0 Å². The number of Topliss-reactive ketones (excluding diaryl/α,β-unsaturated/α-hetero) is 1. The zero-order valence-electron chi connectivity index (χ0n) is 15.9. The molecule has 0 aliphatic rings. The lowest BCUT2D eigenvalue weighted by atomic mass is 9.84. The van der Waals surface area contributed by atoms with Crippen LogP contribution in [0.2, 0.25) is 0 Å². The number of urea groups is 1. The number of hydrogen-bond acceptors (Lipinski definition) is 4. The zero-order chi connectivity index (χ0) is 18.9. The molecular formula is C17H34N4O3. The van der Waals surface area contributed by atoms with Crippen molar-refractivity contribution in [2.75, 3.05) is 13.1 Å². The summed E-state index contributed by atoms with van der Waals surface area (Å²) in [6.45, 7) is 12.4. The average Bonchev–Trinajstić information content (AvgIpc) is 2.45. The molecule has 3 amide bonds. The monoisotopic (exact) mass is 342 g/mol. The van der Waals surface area contributed by atoms with Crippen LogP contribution in [0.15, 0.2) is 0 Å². The van der Waals surface area contributed by atoms with Crippen molar-refractivity contribution < 1.29 is 14.4 Å².